The van der Waals surface area contributed by atoms with Gasteiger partial charge in [-0.2, -0.15) is 0 Å². The molecule has 1 atom stereocenters. The number of likely N-dealkylation sites (N-methyl/N-ethyl adjacent to an activating group) is 1. The van der Waals surface area contributed by atoms with E-state index in [1.54, 1.807) is 17.7 Å². The van der Waals surface area contributed by atoms with E-state index in [9.17, 15) is 9.59 Å². The first-order valence-electron chi connectivity index (χ1n) is 7.19. The summed E-state index contributed by atoms with van der Waals surface area (Å²) < 4.78 is 2.72. The molecule has 6 nitrogen and oxygen atoms in total. The van der Waals surface area contributed by atoms with E-state index in [1.807, 2.05) is 7.05 Å². The van der Waals surface area contributed by atoms with Crippen LogP contribution in [0.25, 0.3) is 0 Å². The number of nitrogens with zero attached hydrogens (tertiary/aromatic N) is 3. The van der Waals surface area contributed by atoms with Gasteiger partial charge in [-0.15, -0.1) is 0 Å². The fourth-order valence-corrected chi connectivity index (χ4v) is 2.87. The van der Waals surface area contributed by atoms with Crippen molar-refractivity contribution >= 4 is 0 Å². The smallest absolute Gasteiger partial charge is 0.318 e. The number of hydrogen-bond acceptors (Lipinski definition) is 4. The van der Waals surface area contributed by atoms with Crippen molar-refractivity contribution in [3.63, 3.8) is 0 Å². The minimum absolute atomic E-state index is 0.231. The second-order valence-corrected chi connectivity index (χ2v) is 5.55. The Balaban J connectivity index is 2.24. The van der Waals surface area contributed by atoms with Crippen LogP contribution in [0.4, 0.5) is 0 Å². The van der Waals surface area contributed by atoms with E-state index in [0.29, 0.717) is 12.6 Å². The summed E-state index contributed by atoms with van der Waals surface area (Å²) in [7, 11) is 5.20. The van der Waals surface area contributed by atoms with E-state index in [1.165, 1.54) is 26.3 Å². The Morgan fingerprint density at radius 1 is 1.25 bits per heavy atom. The maximum atomic E-state index is 12.0. The Bertz CT molecular complexity index is 574. The van der Waals surface area contributed by atoms with E-state index >= 15 is 0 Å². The van der Waals surface area contributed by atoms with Crippen LogP contribution in [0.3, 0.4) is 0 Å². The molecule has 0 bridgehead atoms. The van der Waals surface area contributed by atoms with Crippen molar-refractivity contribution in [2.75, 3.05) is 20.1 Å². The first-order chi connectivity index (χ1) is 9.54. The summed E-state index contributed by atoms with van der Waals surface area (Å²) in [5.41, 5.74) is 0.307. The van der Waals surface area contributed by atoms with E-state index in [2.05, 4.69) is 10.2 Å². The quantitative estimate of drug-likeness (QED) is 0.819. The first kappa shape index (κ1) is 15.0. The largest absolute Gasteiger partial charge is 0.330 e. The normalized spacial score (nSPS) is 20.2. The molecule has 20 heavy (non-hydrogen) atoms. The van der Waals surface area contributed by atoms with Crippen LogP contribution in [0.5, 0.6) is 0 Å². The number of nitrogens with one attached hydrogen (secondary N) is 1. The van der Waals surface area contributed by atoms with Gasteiger partial charge < -0.3 is 5.32 Å². The van der Waals surface area contributed by atoms with E-state index < -0.39 is 0 Å². The van der Waals surface area contributed by atoms with Crippen LogP contribution in [0.15, 0.2) is 15.7 Å². The van der Waals surface area contributed by atoms with Crippen molar-refractivity contribution in [3.05, 3.63) is 32.6 Å². The zero-order valence-corrected chi connectivity index (χ0v) is 12.6. The van der Waals surface area contributed by atoms with Crippen LogP contribution in [-0.4, -0.2) is 40.2 Å². The predicted molar refractivity (Wildman–Crippen MR) is 78.9 cm³/mol. The van der Waals surface area contributed by atoms with Crippen LogP contribution in [0.2, 0.25) is 0 Å². The second-order valence-electron chi connectivity index (χ2n) is 5.55. The maximum absolute atomic E-state index is 12.0. The third-order valence-corrected chi connectivity index (χ3v) is 4.18. The molecule has 1 aromatic heterocycles. The Morgan fingerprint density at radius 2 is 2.00 bits per heavy atom. The Hall–Kier alpha value is -1.40. The average molecular weight is 280 g/mol. The van der Waals surface area contributed by atoms with Gasteiger partial charge >= 0.3 is 5.69 Å². The molecule has 1 fully saturated rings. The third kappa shape index (κ3) is 3.02. The number of hydrogen-bond donors (Lipinski definition) is 1. The molecule has 0 aliphatic carbocycles. The van der Waals surface area contributed by atoms with Gasteiger partial charge in [-0.1, -0.05) is 6.42 Å². The summed E-state index contributed by atoms with van der Waals surface area (Å²) >= 11 is 0. The van der Waals surface area contributed by atoms with Crippen molar-refractivity contribution in [1.29, 1.82) is 0 Å². The Kier molecular flexibility index (Phi) is 4.77. The van der Waals surface area contributed by atoms with Gasteiger partial charge in [0.15, 0.2) is 0 Å². The van der Waals surface area contributed by atoms with Gasteiger partial charge in [0.05, 0.1) is 0 Å². The fraction of sp³-hybridized carbons (Fsp3) is 0.714. The highest BCUT2D eigenvalue weighted by Gasteiger charge is 2.22. The molecule has 1 unspecified atom stereocenters. The minimum Gasteiger partial charge on any atom is -0.318 e. The highest BCUT2D eigenvalue weighted by molar-refractivity contribution is 5.03. The summed E-state index contributed by atoms with van der Waals surface area (Å²) in [6.07, 6.45) is 3.59. The summed E-state index contributed by atoms with van der Waals surface area (Å²) in [5, 5.41) is 3.22. The zero-order valence-electron chi connectivity index (χ0n) is 12.6. The molecule has 0 amide bonds. The monoisotopic (exact) mass is 280 g/mol. The van der Waals surface area contributed by atoms with Gasteiger partial charge in [-0.05, 0) is 26.4 Å². The summed E-state index contributed by atoms with van der Waals surface area (Å²) in [5.74, 6) is 0. The topological polar surface area (TPSA) is 59.3 Å². The minimum atomic E-state index is -0.255. The van der Waals surface area contributed by atoms with Crippen molar-refractivity contribution in [2.24, 2.45) is 14.1 Å². The zero-order chi connectivity index (χ0) is 14.7. The van der Waals surface area contributed by atoms with Crippen molar-refractivity contribution in [3.8, 4) is 0 Å². The van der Waals surface area contributed by atoms with Gasteiger partial charge in [0.1, 0.15) is 0 Å². The van der Waals surface area contributed by atoms with Crippen LogP contribution < -0.4 is 16.6 Å². The molecule has 1 aromatic rings. The predicted octanol–water partition coefficient (Wildman–Crippen LogP) is -0.342. The van der Waals surface area contributed by atoms with Gasteiger partial charge in [0, 0.05) is 45.0 Å². The second kappa shape index (κ2) is 6.37. The van der Waals surface area contributed by atoms with Crippen LogP contribution in [0.1, 0.15) is 25.0 Å². The molecule has 2 rings (SSSR count). The lowest BCUT2D eigenvalue weighted by Gasteiger charge is -2.35. The molecular formula is C14H24N4O2. The summed E-state index contributed by atoms with van der Waals surface area (Å²) in [4.78, 5) is 26.1. The van der Waals surface area contributed by atoms with Crippen molar-refractivity contribution < 1.29 is 0 Å². The number of rotatable bonds is 4. The lowest BCUT2D eigenvalue weighted by Crippen LogP contribution is -2.46. The molecule has 1 aliphatic heterocycles. The molecule has 0 saturated carbocycles. The average Bonchev–Trinajstić information content (AvgIpc) is 2.45. The summed E-state index contributed by atoms with van der Waals surface area (Å²) in [6, 6.07) is 2.06. The number of piperidine rings is 1. The van der Waals surface area contributed by atoms with Gasteiger partial charge in [-0.3, -0.25) is 18.8 Å². The molecule has 112 valence electrons. The molecule has 2 heterocycles. The van der Waals surface area contributed by atoms with Gasteiger partial charge in [-0.25, -0.2) is 4.79 Å². The van der Waals surface area contributed by atoms with Gasteiger partial charge in [0.2, 0.25) is 0 Å². The highest BCUT2D eigenvalue weighted by atomic mass is 16.2. The fourth-order valence-electron chi connectivity index (χ4n) is 2.87. The van der Waals surface area contributed by atoms with E-state index in [4.69, 9.17) is 0 Å². The molecule has 0 spiro atoms. The maximum Gasteiger partial charge on any atom is 0.330 e. The molecule has 0 aromatic carbocycles. The van der Waals surface area contributed by atoms with Crippen LogP contribution in [0, 0.1) is 0 Å². The van der Waals surface area contributed by atoms with Crippen LogP contribution in [-0.2, 0) is 20.6 Å². The third-order valence-electron chi connectivity index (χ3n) is 4.18. The standard InChI is InChI=1S/C14H24N4O2/c1-15-9-11-6-4-5-7-18(11)10-12-8-13(19)17(3)14(20)16(12)2/h8,11,15H,4-7,9-10H2,1-3H3. The Labute approximate surface area is 119 Å². The SMILES string of the molecule is CNCC1CCCCN1Cc1cc(=O)n(C)c(=O)n1C. The summed E-state index contributed by atoms with van der Waals surface area (Å²) in [6.45, 7) is 2.63. The molecular weight excluding hydrogens is 256 g/mol. The number of aromatic nitrogens is 2. The Morgan fingerprint density at radius 3 is 2.70 bits per heavy atom. The lowest BCUT2D eigenvalue weighted by atomic mass is 10.0. The van der Waals surface area contributed by atoms with Crippen LogP contribution >= 0.6 is 0 Å². The molecule has 1 saturated heterocycles. The number of likely N-dealkylation sites (tertiary alicyclic amines) is 1. The van der Waals surface area contributed by atoms with Crippen molar-refractivity contribution in [2.45, 2.75) is 31.8 Å². The van der Waals surface area contributed by atoms with Gasteiger partial charge in [0.25, 0.3) is 5.56 Å². The van der Waals surface area contributed by atoms with Crippen molar-refractivity contribution in [1.82, 2.24) is 19.4 Å². The molecule has 6 heteroatoms. The highest BCUT2D eigenvalue weighted by Crippen LogP contribution is 2.18. The molecule has 1 N–H and O–H groups in total. The van der Waals surface area contributed by atoms with E-state index in [-0.39, 0.29) is 11.2 Å². The van der Waals surface area contributed by atoms with E-state index in [0.717, 1.165) is 23.4 Å². The molecule has 0 radical (unpaired) electrons. The molecule has 1 aliphatic rings. The lowest BCUT2D eigenvalue weighted by molar-refractivity contribution is 0.135. The first-order valence-corrected chi connectivity index (χ1v) is 7.19.